The molecule has 0 atom stereocenters. The molecule has 0 unspecified atom stereocenters. The largest absolute Gasteiger partial charge is 0.488 e. The molecule has 7 nitrogen and oxygen atoms in total. The van der Waals surface area contributed by atoms with Gasteiger partial charge in [-0.3, -0.25) is 0 Å². The van der Waals surface area contributed by atoms with E-state index in [1.807, 2.05) is 0 Å². The molecular formula is C30H28F3N3O4. The van der Waals surface area contributed by atoms with Crippen molar-refractivity contribution in [1.82, 2.24) is 14.8 Å². The predicted octanol–water partition coefficient (Wildman–Crippen LogP) is 6.90. The van der Waals surface area contributed by atoms with Crippen LogP contribution >= 0.6 is 0 Å². The number of benzene rings is 2. The van der Waals surface area contributed by atoms with Crippen molar-refractivity contribution in [2.75, 3.05) is 7.11 Å². The maximum Gasteiger partial charge on any atom is 0.434 e. The summed E-state index contributed by atoms with van der Waals surface area (Å²) in [5, 5.41) is 12.9. The van der Waals surface area contributed by atoms with Crippen molar-refractivity contribution in [3.63, 3.8) is 0 Å². The number of aromatic carboxylic acids is 1. The van der Waals surface area contributed by atoms with Crippen molar-refractivity contribution in [2.45, 2.75) is 50.5 Å². The van der Waals surface area contributed by atoms with Crippen LogP contribution in [0.4, 0.5) is 13.2 Å². The lowest BCUT2D eigenvalue weighted by Crippen LogP contribution is -2.19. The van der Waals surface area contributed by atoms with E-state index >= 15 is 0 Å². The summed E-state index contributed by atoms with van der Waals surface area (Å²) in [5.74, 6) is -0.848. The number of carboxylic acids is 1. The van der Waals surface area contributed by atoms with E-state index < -0.39 is 23.4 Å². The van der Waals surface area contributed by atoms with Crippen molar-refractivity contribution < 1.29 is 32.5 Å². The number of hydrogen-bond acceptors (Lipinski definition) is 5. The van der Waals surface area contributed by atoms with E-state index in [4.69, 9.17) is 9.47 Å². The summed E-state index contributed by atoms with van der Waals surface area (Å²) in [7, 11) is 1.77. The molecular weight excluding hydrogens is 523 g/mol. The SMILES string of the molecule is CO[C@H]1CC[C@@H](c2ccc(COc3ccccc3-c3cccc(-n4ncc(C(=O)O)c4C(F)(F)F)n3)cc2)CC1. The summed E-state index contributed by atoms with van der Waals surface area (Å²) in [5.41, 5.74) is 0.883. The molecule has 1 fully saturated rings. The molecule has 2 aromatic heterocycles. The van der Waals surface area contributed by atoms with Crippen LogP contribution in [-0.4, -0.2) is 39.1 Å². The van der Waals surface area contributed by atoms with Crippen molar-refractivity contribution in [1.29, 1.82) is 0 Å². The fraction of sp³-hybridized carbons (Fsp3) is 0.300. The van der Waals surface area contributed by atoms with Crippen LogP contribution in [0.3, 0.4) is 0 Å². The molecule has 0 radical (unpaired) electrons. The van der Waals surface area contributed by atoms with Gasteiger partial charge < -0.3 is 14.6 Å². The average Bonchev–Trinajstić information content (AvgIpc) is 3.44. The van der Waals surface area contributed by atoms with Crippen LogP contribution in [0.5, 0.6) is 5.75 Å². The topological polar surface area (TPSA) is 86.5 Å². The summed E-state index contributed by atoms with van der Waals surface area (Å²) >= 11 is 0. The molecule has 1 saturated carbocycles. The van der Waals surface area contributed by atoms with Crippen LogP contribution in [-0.2, 0) is 17.5 Å². The Morgan fingerprint density at radius 1 is 1.00 bits per heavy atom. The molecule has 2 aromatic carbocycles. The number of aromatic nitrogens is 3. The van der Waals surface area contributed by atoms with Gasteiger partial charge in [-0.15, -0.1) is 0 Å². The van der Waals surface area contributed by atoms with Crippen LogP contribution in [0.15, 0.2) is 72.9 Å². The standard InChI is InChI=1S/C30H28F3N3O4/c1-39-22-15-13-21(14-16-22)20-11-9-19(10-12-20)18-40-26-7-3-2-5-23(26)25-6-4-8-27(35-25)36-28(30(31,32)33)24(17-34-36)29(37)38/h2-12,17,21-22H,13-16,18H2,1H3,(H,37,38)/t21-,22+. The predicted molar refractivity (Wildman–Crippen MR) is 142 cm³/mol. The third-order valence-electron chi connectivity index (χ3n) is 7.24. The minimum atomic E-state index is -4.94. The average molecular weight is 552 g/mol. The Labute approximate surface area is 229 Å². The van der Waals surface area contributed by atoms with E-state index in [1.54, 1.807) is 37.4 Å². The normalized spacial score (nSPS) is 17.5. The van der Waals surface area contributed by atoms with Crippen LogP contribution in [0, 0.1) is 0 Å². The molecule has 1 N–H and O–H groups in total. The lowest BCUT2D eigenvalue weighted by atomic mass is 9.82. The third-order valence-corrected chi connectivity index (χ3v) is 7.24. The Kier molecular flexibility index (Phi) is 7.88. The highest BCUT2D eigenvalue weighted by atomic mass is 19.4. The summed E-state index contributed by atoms with van der Waals surface area (Å²) in [6.45, 7) is 0.298. The van der Waals surface area contributed by atoms with Gasteiger partial charge in [0, 0.05) is 12.7 Å². The molecule has 208 valence electrons. The summed E-state index contributed by atoms with van der Waals surface area (Å²) in [6.07, 6.45) is 0.428. The summed E-state index contributed by atoms with van der Waals surface area (Å²) in [4.78, 5) is 15.7. The molecule has 1 aliphatic rings. The van der Waals surface area contributed by atoms with Crippen LogP contribution in [0.1, 0.15) is 58.8 Å². The number of ether oxygens (including phenoxy) is 2. The highest BCUT2D eigenvalue weighted by Crippen LogP contribution is 2.36. The zero-order valence-electron chi connectivity index (χ0n) is 21.8. The molecule has 10 heteroatoms. The fourth-order valence-corrected chi connectivity index (χ4v) is 5.13. The fourth-order valence-electron chi connectivity index (χ4n) is 5.13. The quantitative estimate of drug-likeness (QED) is 0.256. The lowest BCUT2D eigenvalue weighted by Gasteiger charge is -2.27. The number of methoxy groups -OCH3 is 1. The molecule has 4 aromatic rings. The molecule has 40 heavy (non-hydrogen) atoms. The number of carboxylic acid groups (broad SMARTS) is 1. The Morgan fingerprint density at radius 2 is 1.73 bits per heavy atom. The molecule has 5 rings (SSSR count). The Hall–Kier alpha value is -4.18. The van der Waals surface area contributed by atoms with E-state index in [0.29, 0.717) is 46.5 Å². The monoisotopic (exact) mass is 551 g/mol. The van der Waals surface area contributed by atoms with E-state index in [0.717, 1.165) is 31.2 Å². The number of halogens is 3. The number of rotatable bonds is 8. The van der Waals surface area contributed by atoms with Gasteiger partial charge in [0.2, 0.25) is 0 Å². The number of pyridine rings is 1. The van der Waals surface area contributed by atoms with Gasteiger partial charge in [-0.2, -0.15) is 18.3 Å². The maximum atomic E-state index is 13.7. The molecule has 0 spiro atoms. The number of carbonyl (C=O) groups is 1. The Bertz CT molecular complexity index is 1480. The zero-order valence-corrected chi connectivity index (χ0v) is 21.8. The Balaban J connectivity index is 1.34. The minimum absolute atomic E-state index is 0.165. The van der Waals surface area contributed by atoms with Gasteiger partial charge in [0.15, 0.2) is 11.5 Å². The molecule has 2 heterocycles. The van der Waals surface area contributed by atoms with Gasteiger partial charge in [-0.05, 0) is 67.0 Å². The molecule has 1 aliphatic carbocycles. The number of para-hydroxylation sites is 1. The van der Waals surface area contributed by atoms with Crippen LogP contribution in [0.25, 0.3) is 17.1 Å². The maximum absolute atomic E-state index is 13.7. The first kappa shape index (κ1) is 27.4. The van der Waals surface area contributed by atoms with Gasteiger partial charge in [-0.25, -0.2) is 14.5 Å². The lowest BCUT2D eigenvalue weighted by molar-refractivity contribution is -0.143. The van der Waals surface area contributed by atoms with Gasteiger partial charge in [0.1, 0.15) is 17.9 Å². The first-order valence-corrected chi connectivity index (χ1v) is 12.9. The first-order chi connectivity index (χ1) is 19.2. The molecule has 0 saturated heterocycles. The zero-order chi connectivity index (χ0) is 28.3. The number of nitrogens with zero attached hydrogens (tertiary/aromatic N) is 3. The highest BCUT2D eigenvalue weighted by Gasteiger charge is 2.41. The minimum Gasteiger partial charge on any atom is -0.488 e. The van der Waals surface area contributed by atoms with Gasteiger partial charge in [-0.1, -0.05) is 42.5 Å². The van der Waals surface area contributed by atoms with Crippen molar-refractivity contribution >= 4 is 5.97 Å². The molecule has 0 bridgehead atoms. The Morgan fingerprint density at radius 3 is 2.40 bits per heavy atom. The van der Waals surface area contributed by atoms with Gasteiger partial charge in [0.05, 0.1) is 18.0 Å². The molecule has 0 amide bonds. The number of hydrogen-bond donors (Lipinski definition) is 1. The molecule has 0 aliphatic heterocycles. The van der Waals surface area contributed by atoms with E-state index in [-0.39, 0.29) is 5.82 Å². The van der Waals surface area contributed by atoms with Crippen molar-refractivity contribution in [2.24, 2.45) is 0 Å². The van der Waals surface area contributed by atoms with E-state index in [1.165, 1.54) is 17.7 Å². The second-order valence-corrected chi connectivity index (χ2v) is 9.74. The van der Waals surface area contributed by atoms with Crippen LogP contribution < -0.4 is 4.74 Å². The van der Waals surface area contributed by atoms with E-state index in [9.17, 15) is 23.1 Å². The van der Waals surface area contributed by atoms with Crippen LogP contribution in [0.2, 0.25) is 0 Å². The summed E-state index contributed by atoms with van der Waals surface area (Å²) < 4.78 is 53.3. The smallest absolute Gasteiger partial charge is 0.434 e. The highest BCUT2D eigenvalue weighted by molar-refractivity contribution is 5.89. The van der Waals surface area contributed by atoms with Gasteiger partial charge in [0.25, 0.3) is 0 Å². The first-order valence-electron chi connectivity index (χ1n) is 12.9. The second-order valence-electron chi connectivity index (χ2n) is 9.74. The third kappa shape index (κ3) is 5.86. The number of alkyl halides is 3. The van der Waals surface area contributed by atoms with Crippen molar-refractivity contribution in [3.8, 4) is 22.8 Å². The van der Waals surface area contributed by atoms with Gasteiger partial charge >= 0.3 is 12.1 Å². The summed E-state index contributed by atoms with van der Waals surface area (Å²) in [6, 6.07) is 20.0. The van der Waals surface area contributed by atoms with E-state index in [2.05, 4.69) is 34.3 Å². The van der Waals surface area contributed by atoms with Crippen molar-refractivity contribution in [3.05, 3.63) is 95.3 Å². The second kappa shape index (κ2) is 11.5.